The number of nitrogens with one attached hydrogen (secondary N) is 2. The second-order valence-electron chi connectivity index (χ2n) is 5.52. The highest BCUT2D eigenvalue weighted by molar-refractivity contribution is 9.11. The number of nitriles is 1. The number of anilines is 1. The molecule has 25 heavy (non-hydrogen) atoms. The topological polar surface area (TPSA) is 68.7 Å². The van der Waals surface area contributed by atoms with Gasteiger partial charge in [-0.05, 0) is 68.6 Å². The van der Waals surface area contributed by atoms with Gasteiger partial charge in [-0.1, -0.05) is 18.2 Å². The summed E-state index contributed by atoms with van der Waals surface area (Å²) < 4.78 is 1.49. The number of aromatic amines is 1. The number of aryl methyl sites for hydroxylation is 1. The van der Waals surface area contributed by atoms with Crippen LogP contribution in [0.15, 0.2) is 57.1 Å². The Labute approximate surface area is 161 Å². The fourth-order valence-corrected chi connectivity index (χ4v) is 4.13. The number of hydrogen-bond acceptors (Lipinski definition) is 2. The minimum absolute atomic E-state index is 0.0316. The quantitative estimate of drug-likeness (QED) is 0.399. The molecule has 0 aliphatic carbocycles. The predicted molar refractivity (Wildman–Crippen MR) is 107 cm³/mol. The Morgan fingerprint density at radius 3 is 2.60 bits per heavy atom. The molecule has 0 radical (unpaired) electrons. The molecule has 0 saturated heterocycles. The van der Waals surface area contributed by atoms with Crippen LogP contribution in [0, 0.1) is 18.3 Å². The lowest BCUT2D eigenvalue weighted by Gasteiger charge is -2.10. The first-order valence-corrected chi connectivity index (χ1v) is 9.03. The third kappa shape index (κ3) is 3.68. The lowest BCUT2D eigenvalue weighted by molar-refractivity contribution is -0.112. The van der Waals surface area contributed by atoms with E-state index in [2.05, 4.69) is 42.2 Å². The van der Waals surface area contributed by atoms with Crippen LogP contribution in [-0.4, -0.2) is 10.9 Å². The number of carbonyl (C=O) groups is 1. The van der Waals surface area contributed by atoms with Gasteiger partial charge in [-0.25, -0.2) is 0 Å². The van der Waals surface area contributed by atoms with Crippen LogP contribution < -0.4 is 5.32 Å². The van der Waals surface area contributed by atoms with E-state index in [1.807, 2.05) is 49.4 Å². The summed E-state index contributed by atoms with van der Waals surface area (Å²) in [5.74, 6) is -0.460. The standard InChI is InChI=1S/C19H13Br2N3O/c1-11-6-15(20)18(16(21)7-11)24-19(25)12(9-22)8-13-10-23-17-5-3-2-4-14(13)17/h2-8,10,23H,1H3,(H,24,25). The summed E-state index contributed by atoms with van der Waals surface area (Å²) in [6, 6.07) is 13.5. The van der Waals surface area contributed by atoms with Gasteiger partial charge in [-0.2, -0.15) is 5.26 Å². The molecule has 0 unspecified atom stereocenters. The van der Waals surface area contributed by atoms with Crippen molar-refractivity contribution in [2.45, 2.75) is 6.92 Å². The van der Waals surface area contributed by atoms with Crippen LogP contribution in [0.1, 0.15) is 11.1 Å². The van der Waals surface area contributed by atoms with E-state index in [-0.39, 0.29) is 5.57 Å². The van der Waals surface area contributed by atoms with Gasteiger partial charge in [0.05, 0.1) is 5.69 Å². The van der Waals surface area contributed by atoms with Gasteiger partial charge in [0.1, 0.15) is 11.6 Å². The summed E-state index contributed by atoms with van der Waals surface area (Å²) in [7, 11) is 0. The van der Waals surface area contributed by atoms with Crippen molar-refractivity contribution in [1.82, 2.24) is 4.98 Å². The average molecular weight is 459 g/mol. The largest absolute Gasteiger partial charge is 0.361 e. The van der Waals surface area contributed by atoms with E-state index in [1.54, 1.807) is 12.3 Å². The summed E-state index contributed by atoms with van der Waals surface area (Å²) in [5.41, 5.74) is 3.42. The molecule has 124 valence electrons. The summed E-state index contributed by atoms with van der Waals surface area (Å²) >= 11 is 6.88. The molecule has 0 fully saturated rings. The molecular weight excluding hydrogens is 446 g/mol. The van der Waals surface area contributed by atoms with Crippen LogP contribution in [0.25, 0.3) is 17.0 Å². The van der Waals surface area contributed by atoms with E-state index in [9.17, 15) is 10.1 Å². The minimum Gasteiger partial charge on any atom is -0.361 e. The highest BCUT2D eigenvalue weighted by atomic mass is 79.9. The zero-order chi connectivity index (χ0) is 18.0. The van der Waals surface area contributed by atoms with Crippen LogP contribution in [0.4, 0.5) is 5.69 Å². The molecule has 6 heteroatoms. The van der Waals surface area contributed by atoms with Crippen molar-refractivity contribution in [3.63, 3.8) is 0 Å². The second-order valence-corrected chi connectivity index (χ2v) is 7.23. The molecule has 0 atom stereocenters. The van der Waals surface area contributed by atoms with Crippen molar-refractivity contribution >= 4 is 60.4 Å². The maximum Gasteiger partial charge on any atom is 0.266 e. The third-order valence-corrected chi connectivity index (χ3v) is 4.96. The first kappa shape index (κ1) is 17.5. The molecule has 3 rings (SSSR count). The van der Waals surface area contributed by atoms with Crippen LogP contribution in [0.5, 0.6) is 0 Å². The number of fused-ring (bicyclic) bond motifs is 1. The van der Waals surface area contributed by atoms with Crippen molar-refractivity contribution in [2.75, 3.05) is 5.32 Å². The number of nitrogens with zero attached hydrogens (tertiary/aromatic N) is 1. The lowest BCUT2D eigenvalue weighted by atomic mass is 10.1. The Morgan fingerprint density at radius 1 is 1.24 bits per heavy atom. The molecule has 4 nitrogen and oxygen atoms in total. The molecule has 1 heterocycles. The molecule has 0 aliphatic heterocycles. The number of carbonyl (C=O) groups excluding carboxylic acids is 1. The van der Waals surface area contributed by atoms with Crippen LogP contribution in [-0.2, 0) is 4.79 Å². The first-order chi connectivity index (χ1) is 12.0. The van der Waals surface area contributed by atoms with Crippen molar-refractivity contribution in [3.05, 3.63) is 68.2 Å². The van der Waals surface area contributed by atoms with E-state index in [0.717, 1.165) is 31.0 Å². The average Bonchev–Trinajstić information content (AvgIpc) is 2.98. The zero-order valence-electron chi connectivity index (χ0n) is 13.2. The SMILES string of the molecule is Cc1cc(Br)c(NC(=O)C(C#N)=Cc2c[nH]c3ccccc23)c(Br)c1. The molecule has 1 amide bonds. The van der Waals surface area contributed by atoms with Gasteiger partial charge in [-0.3, -0.25) is 4.79 Å². The number of hydrogen-bond donors (Lipinski definition) is 2. The number of H-pyrrole nitrogens is 1. The number of benzene rings is 2. The molecular formula is C19H13Br2N3O. The van der Waals surface area contributed by atoms with Crippen molar-refractivity contribution in [3.8, 4) is 6.07 Å². The van der Waals surface area contributed by atoms with Crippen molar-refractivity contribution < 1.29 is 4.79 Å². The smallest absolute Gasteiger partial charge is 0.266 e. The minimum atomic E-state index is -0.460. The Kier molecular flexibility index (Phi) is 5.07. The second kappa shape index (κ2) is 7.26. The molecule has 0 bridgehead atoms. The van der Waals surface area contributed by atoms with Crippen molar-refractivity contribution in [1.29, 1.82) is 5.26 Å². The van der Waals surface area contributed by atoms with E-state index >= 15 is 0 Å². The number of para-hydroxylation sites is 1. The van der Waals surface area contributed by atoms with Gasteiger partial charge in [0.25, 0.3) is 5.91 Å². The molecule has 0 saturated carbocycles. The molecule has 0 spiro atoms. The number of rotatable bonds is 3. The van der Waals surface area contributed by atoms with Gasteiger partial charge < -0.3 is 10.3 Å². The maximum absolute atomic E-state index is 12.5. The van der Waals surface area contributed by atoms with Gasteiger partial charge in [-0.15, -0.1) is 0 Å². The van der Waals surface area contributed by atoms with Gasteiger partial charge >= 0.3 is 0 Å². The summed E-state index contributed by atoms with van der Waals surface area (Å²) in [6.07, 6.45) is 3.37. The molecule has 3 aromatic rings. The lowest BCUT2D eigenvalue weighted by Crippen LogP contribution is -2.14. The third-order valence-electron chi connectivity index (χ3n) is 3.71. The first-order valence-electron chi connectivity index (χ1n) is 7.44. The molecule has 1 aromatic heterocycles. The van der Waals surface area contributed by atoms with Gasteiger partial charge in [0.2, 0.25) is 0 Å². The Balaban J connectivity index is 1.94. The molecule has 2 N–H and O–H groups in total. The Morgan fingerprint density at radius 2 is 1.92 bits per heavy atom. The maximum atomic E-state index is 12.5. The van der Waals surface area contributed by atoms with E-state index in [1.165, 1.54) is 0 Å². The fraction of sp³-hybridized carbons (Fsp3) is 0.0526. The highest BCUT2D eigenvalue weighted by Gasteiger charge is 2.15. The van der Waals surface area contributed by atoms with Crippen LogP contribution in [0.3, 0.4) is 0 Å². The summed E-state index contributed by atoms with van der Waals surface area (Å²) in [6.45, 7) is 1.96. The Hall–Kier alpha value is -2.36. The van der Waals surface area contributed by atoms with Gasteiger partial charge in [0.15, 0.2) is 0 Å². The monoisotopic (exact) mass is 457 g/mol. The Bertz CT molecular complexity index is 1020. The van der Waals surface area contributed by atoms with E-state index < -0.39 is 5.91 Å². The number of halogens is 2. The molecule has 0 aliphatic rings. The number of amides is 1. The fourth-order valence-electron chi connectivity index (χ4n) is 2.52. The van der Waals surface area contributed by atoms with Crippen LogP contribution >= 0.6 is 31.9 Å². The number of aromatic nitrogens is 1. The zero-order valence-corrected chi connectivity index (χ0v) is 16.4. The highest BCUT2D eigenvalue weighted by Crippen LogP contribution is 2.32. The van der Waals surface area contributed by atoms with E-state index in [4.69, 9.17) is 0 Å². The summed E-state index contributed by atoms with van der Waals surface area (Å²) in [4.78, 5) is 15.7. The van der Waals surface area contributed by atoms with E-state index in [0.29, 0.717) is 5.69 Å². The summed E-state index contributed by atoms with van der Waals surface area (Å²) in [5, 5.41) is 13.2. The van der Waals surface area contributed by atoms with Crippen molar-refractivity contribution in [2.24, 2.45) is 0 Å². The predicted octanol–water partition coefficient (Wildman–Crippen LogP) is 5.55. The van der Waals surface area contributed by atoms with Gasteiger partial charge in [0, 0.05) is 31.6 Å². The normalized spacial score (nSPS) is 11.4. The molecule has 2 aromatic carbocycles. The van der Waals surface area contributed by atoms with Crippen LogP contribution in [0.2, 0.25) is 0 Å².